The van der Waals surface area contributed by atoms with Gasteiger partial charge >= 0.3 is 0 Å². The summed E-state index contributed by atoms with van der Waals surface area (Å²) in [5, 5.41) is 11.8. The van der Waals surface area contributed by atoms with Gasteiger partial charge in [0, 0.05) is 18.5 Å². The van der Waals surface area contributed by atoms with Gasteiger partial charge in [0.15, 0.2) is 0 Å². The van der Waals surface area contributed by atoms with Crippen LogP contribution < -0.4 is 5.32 Å². The van der Waals surface area contributed by atoms with E-state index in [0.717, 1.165) is 5.76 Å². The number of rotatable bonds is 4. The maximum atomic E-state index is 11.7. The molecule has 1 N–H and O–H groups in total. The SMILES string of the molecule is N#Cc1ccc(NC(=O)CCc2ccco2)cc1Cl. The first-order chi connectivity index (χ1) is 9.19. The molecule has 0 fully saturated rings. The average molecular weight is 275 g/mol. The van der Waals surface area contributed by atoms with Gasteiger partial charge in [0.25, 0.3) is 0 Å². The smallest absolute Gasteiger partial charge is 0.224 e. The fraction of sp³-hybridized carbons (Fsp3) is 0.143. The van der Waals surface area contributed by atoms with E-state index in [4.69, 9.17) is 21.3 Å². The van der Waals surface area contributed by atoms with Crippen molar-refractivity contribution in [3.63, 3.8) is 0 Å². The Morgan fingerprint density at radius 1 is 1.42 bits per heavy atom. The second-order valence-corrected chi connectivity index (χ2v) is 4.34. The molecule has 1 aromatic heterocycles. The van der Waals surface area contributed by atoms with Gasteiger partial charge in [-0.1, -0.05) is 11.6 Å². The molecule has 0 atom stereocenters. The van der Waals surface area contributed by atoms with Crippen molar-refractivity contribution in [2.24, 2.45) is 0 Å². The quantitative estimate of drug-likeness (QED) is 0.929. The number of hydrogen-bond donors (Lipinski definition) is 1. The number of hydrogen-bond acceptors (Lipinski definition) is 3. The zero-order valence-corrected chi connectivity index (χ0v) is 10.8. The second kappa shape index (κ2) is 6.07. The van der Waals surface area contributed by atoms with E-state index in [1.165, 1.54) is 0 Å². The molecule has 96 valence electrons. The summed E-state index contributed by atoms with van der Waals surface area (Å²) in [6.45, 7) is 0. The van der Waals surface area contributed by atoms with E-state index in [9.17, 15) is 4.79 Å². The molecule has 1 heterocycles. The molecule has 0 radical (unpaired) electrons. The Labute approximate surface area is 115 Å². The lowest BCUT2D eigenvalue weighted by molar-refractivity contribution is -0.116. The monoisotopic (exact) mass is 274 g/mol. The van der Waals surface area contributed by atoms with Gasteiger partial charge in [0.1, 0.15) is 11.8 Å². The number of nitriles is 1. The van der Waals surface area contributed by atoms with Gasteiger partial charge in [-0.15, -0.1) is 0 Å². The van der Waals surface area contributed by atoms with Crippen molar-refractivity contribution in [1.29, 1.82) is 5.26 Å². The highest BCUT2D eigenvalue weighted by molar-refractivity contribution is 6.32. The third-order valence-electron chi connectivity index (χ3n) is 2.55. The van der Waals surface area contributed by atoms with E-state index in [-0.39, 0.29) is 5.91 Å². The second-order valence-electron chi connectivity index (χ2n) is 3.93. The topological polar surface area (TPSA) is 66.0 Å². The highest BCUT2D eigenvalue weighted by atomic mass is 35.5. The molecular formula is C14H11ClN2O2. The van der Waals surface area contributed by atoms with E-state index < -0.39 is 0 Å². The van der Waals surface area contributed by atoms with Gasteiger partial charge in [-0.3, -0.25) is 4.79 Å². The Bertz CT molecular complexity index is 615. The van der Waals surface area contributed by atoms with Crippen molar-refractivity contribution in [2.75, 3.05) is 5.32 Å². The summed E-state index contributed by atoms with van der Waals surface area (Å²) in [7, 11) is 0. The zero-order valence-electron chi connectivity index (χ0n) is 10.0. The van der Waals surface area contributed by atoms with Crippen LogP contribution >= 0.6 is 11.6 Å². The molecule has 0 aliphatic carbocycles. The number of nitrogens with one attached hydrogen (secondary N) is 1. The zero-order chi connectivity index (χ0) is 13.7. The number of anilines is 1. The van der Waals surface area contributed by atoms with Crippen molar-refractivity contribution < 1.29 is 9.21 Å². The standard InChI is InChI=1S/C14H11ClN2O2/c15-13-8-11(4-3-10(13)9-16)17-14(18)6-5-12-2-1-7-19-12/h1-4,7-8H,5-6H2,(H,17,18). The Morgan fingerprint density at radius 2 is 2.26 bits per heavy atom. The predicted molar refractivity (Wildman–Crippen MR) is 71.8 cm³/mol. The van der Waals surface area contributed by atoms with Gasteiger partial charge in [-0.2, -0.15) is 5.26 Å². The average Bonchev–Trinajstić information content (AvgIpc) is 2.90. The molecular weight excluding hydrogens is 264 g/mol. The Morgan fingerprint density at radius 3 is 2.89 bits per heavy atom. The number of carbonyl (C=O) groups excluding carboxylic acids is 1. The highest BCUT2D eigenvalue weighted by Crippen LogP contribution is 2.20. The number of nitrogens with zero attached hydrogens (tertiary/aromatic N) is 1. The van der Waals surface area contributed by atoms with Gasteiger partial charge < -0.3 is 9.73 Å². The molecule has 1 amide bonds. The van der Waals surface area contributed by atoms with Crippen molar-refractivity contribution in [1.82, 2.24) is 0 Å². The Kier molecular flexibility index (Phi) is 4.22. The summed E-state index contributed by atoms with van der Waals surface area (Å²) in [4.78, 5) is 11.7. The van der Waals surface area contributed by atoms with E-state index in [2.05, 4.69) is 5.32 Å². The van der Waals surface area contributed by atoms with Crippen LogP contribution in [0.5, 0.6) is 0 Å². The van der Waals surface area contributed by atoms with Gasteiger partial charge in [0.2, 0.25) is 5.91 Å². The predicted octanol–water partition coefficient (Wildman–Crippen LogP) is 3.38. The molecule has 0 unspecified atom stereocenters. The molecule has 0 bridgehead atoms. The fourth-order valence-corrected chi connectivity index (χ4v) is 1.82. The first-order valence-electron chi connectivity index (χ1n) is 5.71. The van der Waals surface area contributed by atoms with Gasteiger partial charge in [0.05, 0.1) is 16.8 Å². The number of halogens is 1. The Hall–Kier alpha value is -2.25. The van der Waals surface area contributed by atoms with Crippen molar-refractivity contribution >= 4 is 23.2 Å². The first kappa shape index (κ1) is 13.2. The molecule has 0 saturated heterocycles. The molecule has 19 heavy (non-hydrogen) atoms. The summed E-state index contributed by atoms with van der Waals surface area (Å²) in [6, 6.07) is 10.4. The largest absolute Gasteiger partial charge is 0.469 e. The molecule has 0 aliphatic rings. The molecule has 5 heteroatoms. The molecule has 2 aromatic rings. The molecule has 0 spiro atoms. The number of benzene rings is 1. The number of furan rings is 1. The third kappa shape index (κ3) is 3.60. The summed E-state index contributed by atoms with van der Waals surface area (Å²) >= 11 is 5.88. The van der Waals surface area contributed by atoms with Crippen LogP contribution in [-0.4, -0.2) is 5.91 Å². The minimum Gasteiger partial charge on any atom is -0.469 e. The van der Waals surface area contributed by atoms with E-state index in [0.29, 0.717) is 29.1 Å². The lowest BCUT2D eigenvalue weighted by Crippen LogP contribution is -2.12. The van der Waals surface area contributed by atoms with Crippen LogP contribution in [-0.2, 0) is 11.2 Å². The lowest BCUT2D eigenvalue weighted by atomic mass is 10.2. The minimum atomic E-state index is -0.128. The summed E-state index contributed by atoms with van der Waals surface area (Å²) in [6.07, 6.45) is 2.45. The molecule has 4 nitrogen and oxygen atoms in total. The minimum absolute atomic E-state index is 0.128. The molecule has 0 saturated carbocycles. The third-order valence-corrected chi connectivity index (χ3v) is 2.86. The lowest BCUT2D eigenvalue weighted by Gasteiger charge is -2.05. The fourth-order valence-electron chi connectivity index (χ4n) is 1.60. The highest BCUT2D eigenvalue weighted by Gasteiger charge is 2.06. The van der Waals surface area contributed by atoms with Crippen LogP contribution in [0, 0.1) is 11.3 Å². The number of amides is 1. The maximum absolute atomic E-state index is 11.7. The number of carbonyl (C=O) groups is 1. The van der Waals surface area contributed by atoms with E-state index in [1.807, 2.05) is 12.1 Å². The van der Waals surface area contributed by atoms with Crippen LogP contribution in [0.2, 0.25) is 5.02 Å². The van der Waals surface area contributed by atoms with Crippen molar-refractivity contribution in [2.45, 2.75) is 12.8 Å². The molecule has 0 aliphatic heterocycles. The van der Waals surface area contributed by atoms with Crippen LogP contribution in [0.1, 0.15) is 17.7 Å². The van der Waals surface area contributed by atoms with Crippen LogP contribution in [0.4, 0.5) is 5.69 Å². The van der Waals surface area contributed by atoms with E-state index in [1.54, 1.807) is 30.5 Å². The Balaban J connectivity index is 1.92. The van der Waals surface area contributed by atoms with Gasteiger partial charge in [-0.05, 0) is 30.3 Å². The molecule has 2 rings (SSSR count). The maximum Gasteiger partial charge on any atom is 0.224 e. The van der Waals surface area contributed by atoms with Crippen LogP contribution in [0.15, 0.2) is 41.0 Å². The summed E-state index contributed by atoms with van der Waals surface area (Å²) < 4.78 is 5.15. The summed E-state index contributed by atoms with van der Waals surface area (Å²) in [5.41, 5.74) is 0.962. The van der Waals surface area contributed by atoms with Gasteiger partial charge in [-0.25, -0.2) is 0 Å². The van der Waals surface area contributed by atoms with E-state index >= 15 is 0 Å². The molecule has 1 aromatic carbocycles. The number of aryl methyl sites for hydroxylation is 1. The van der Waals surface area contributed by atoms with Crippen LogP contribution in [0.3, 0.4) is 0 Å². The normalized spacial score (nSPS) is 9.89. The summed E-state index contributed by atoms with van der Waals surface area (Å²) in [5.74, 6) is 0.644. The van der Waals surface area contributed by atoms with Crippen molar-refractivity contribution in [3.8, 4) is 6.07 Å². The van der Waals surface area contributed by atoms with Crippen molar-refractivity contribution in [3.05, 3.63) is 52.9 Å². The van der Waals surface area contributed by atoms with Crippen LogP contribution in [0.25, 0.3) is 0 Å². The first-order valence-corrected chi connectivity index (χ1v) is 6.08.